The minimum atomic E-state index is -0.553. The first-order chi connectivity index (χ1) is 4.95. The van der Waals surface area contributed by atoms with Gasteiger partial charge in [-0.2, -0.15) is 0 Å². The highest BCUT2D eigenvalue weighted by atomic mass is 28.2. The molecule has 1 N–H and O–H groups in total. The number of hydrogen-bond acceptors (Lipinski definition) is 2. The van der Waals surface area contributed by atoms with Crippen LogP contribution < -0.4 is 0 Å². The lowest BCUT2D eigenvalue weighted by Crippen LogP contribution is -2.27. The SMILES string of the molecule is C[SiH2]CCC(O)OC(C)(C)C. The van der Waals surface area contributed by atoms with Gasteiger partial charge >= 0.3 is 0 Å². The molecular weight excluding hydrogens is 156 g/mol. The van der Waals surface area contributed by atoms with Crippen LogP contribution in [-0.2, 0) is 4.74 Å². The van der Waals surface area contributed by atoms with Gasteiger partial charge in [0.25, 0.3) is 0 Å². The first-order valence-electron chi connectivity index (χ1n) is 4.31. The summed E-state index contributed by atoms with van der Waals surface area (Å²) in [4.78, 5) is 0. The molecule has 0 aromatic carbocycles. The highest BCUT2D eigenvalue weighted by Crippen LogP contribution is 2.12. The third-order valence-electron chi connectivity index (χ3n) is 1.29. The van der Waals surface area contributed by atoms with Crippen molar-refractivity contribution >= 4 is 9.52 Å². The Kier molecular flexibility index (Phi) is 4.96. The Morgan fingerprint density at radius 2 is 2.00 bits per heavy atom. The first kappa shape index (κ1) is 11.1. The fourth-order valence-corrected chi connectivity index (χ4v) is 1.60. The Labute approximate surface area is 71.8 Å². The topological polar surface area (TPSA) is 29.5 Å². The number of ether oxygens (including phenoxy) is 1. The summed E-state index contributed by atoms with van der Waals surface area (Å²) in [6.07, 6.45) is 0.252. The average Bonchev–Trinajstić information content (AvgIpc) is 1.79. The standard InChI is InChI=1S/C8H20O2Si/c1-8(2,3)10-7(9)5-6-11-4/h7,9H,5-6,11H2,1-4H3. The summed E-state index contributed by atoms with van der Waals surface area (Å²) in [5.74, 6) is 0. The van der Waals surface area contributed by atoms with Crippen molar-refractivity contribution in [3.63, 3.8) is 0 Å². The minimum absolute atomic E-state index is 0.0781. The number of hydrogen-bond donors (Lipinski definition) is 1. The highest BCUT2D eigenvalue weighted by Gasteiger charge is 2.15. The first-order valence-corrected chi connectivity index (χ1v) is 6.73. The van der Waals surface area contributed by atoms with Crippen LogP contribution in [0.3, 0.4) is 0 Å². The van der Waals surface area contributed by atoms with E-state index in [1.807, 2.05) is 20.8 Å². The van der Waals surface area contributed by atoms with E-state index in [2.05, 4.69) is 6.55 Å². The van der Waals surface area contributed by atoms with E-state index >= 15 is 0 Å². The van der Waals surface area contributed by atoms with Crippen LogP contribution in [0.15, 0.2) is 0 Å². The van der Waals surface area contributed by atoms with E-state index in [0.717, 1.165) is 12.5 Å². The summed E-state index contributed by atoms with van der Waals surface area (Å²) in [6, 6.07) is 1.16. The van der Waals surface area contributed by atoms with Crippen LogP contribution in [0.4, 0.5) is 0 Å². The predicted molar refractivity (Wildman–Crippen MR) is 50.7 cm³/mol. The lowest BCUT2D eigenvalue weighted by atomic mass is 10.2. The molecule has 11 heavy (non-hydrogen) atoms. The third kappa shape index (κ3) is 8.04. The van der Waals surface area contributed by atoms with E-state index in [4.69, 9.17) is 4.74 Å². The molecule has 0 aromatic rings. The fourth-order valence-electron chi connectivity index (χ4n) is 0.846. The maximum Gasteiger partial charge on any atom is 0.154 e. The summed E-state index contributed by atoms with van der Waals surface area (Å²) >= 11 is 0. The quantitative estimate of drug-likeness (QED) is 0.514. The molecule has 0 heterocycles. The summed E-state index contributed by atoms with van der Waals surface area (Å²) in [6.45, 7) is 8.11. The van der Waals surface area contributed by atoms with Crippen molar-refractivity contribution in [3.8, 4) is 0 Å². The molecule has 0 rings (SSSR count). The van der Waals surface area contributed by atoms with Gasteiger partial charge in [0, 0.05) is 9.52 Å². The highest BCUT2D eigenvalue weighted by molar-refractivity contribution is 6.33. The second-order valence-corrected chi connectivity index (χ2v) is 5.53. The summed E-state index contributed by atoms with van der Waals surface area (Å²) in [5.41, 5.74) is -0.214. The Morgan fingerprint density at radius 1 is 1.45 bits per heavy atom. The smallest absolute Gasteiger partial charge is 0.154 e. The molecule has 0 spiro atoms. The molecule has 0 saturated carbocycles. The van der Waals surface area contributed by atoms with Gasteiger partial charge in [0.2, 0.25) is 0 Å². The Morgan fingerprint density at radius 3 is 2.36 bits per heavy atom. The van der Waals surface area contributed by atoms with E-state index in [1.165, 1.54) is 0 Å². The summed E-state index contributed by atoms with van der Waals surface area (Å²) in [7, 11) is 0.0781. The molecule has 1 atom stereocenters. The molecule has 0 saturated heterocycles. The van der Waals surface area contributed by atoms with Crippen molar-refractivity contribution in [1.82, 2.24) is 0 Å². The van der Waals surface area contributed by atoms with Crippen LogP contribution in [0.2, 0.25) is 12.6 Å². The summed E-state index contributed by atoms with van der Waals surface area (Å²) in [5, 5.41) is 9.32. The van der Waals surface area contributed by atoms with Gasteiger partial charge in [0.1, 0.15) is 0 Å². The zero-order chi connectivity index (χ0) is 8.91. The third-order valence-corrected chi connectivity index (χ3v) is 2.41. The van der Waals surface area contributed by atoms with Crippen molar-refractivity contribution < 1.29 is 9.84 Å². The lowest BCUT2D eigenvalue weighted by Gasteiger charge is -2.23. The van der Waals surface area contributed by atoms with Crippen LogP contribution >= 0.6 is 0 Å². The van der Waals surface area contributed by atoms with Gasteiger partial charge < -0.3 is 9.84 Å². The van der Waals surface area contributed by atoms with Gasteiger partial charge in [-0.05, 0) is 27.2 Å². The van der Waals surface area contributed by atoms with Gasteiger partial charge in [-0.3, -0.25) is 0 Å². The zero-order valence-electron chi connectivity index (χ0n) is 8.05. The molecule has 0 aliphatic carbocycles. The normalized spacial score (nSPS) is 16.1. The van der Waals surface area contributed by atoms with E-state index in [0.29, 0.717) is 0 Å². The van der Waals surface area contributed by atoms with Crippen molar-refractivity contribution in [2.75, 3.05) is 0 Å². The molecule has 3 heteroatoms. The van der Waals surface area contributed by atoms with Crippen molar-refractivity contribution in [3.05, 3.63) is 0 Å². The molecule has 0 amide bonds. The predicted octanol–water partition coefficient (Wildman–Crippen LogP) is 1.15. The molecule has 2 nitrogen and oxygen atoms in total. The molecule has 1 unspecified atom stereocenters. The van der Waals surface area contributed by atoms with Gasteiger partial charge in [0.05, 0.1) is 5.60 Å². The van der Waals surface area contributed by atoms with Crippen molar-refractivity contribution in [2.24, 2.45) is 0 Å². The number of rotatable bonds is 4. The molecule has 0 fully saturated rings. The zero-order valence-corrected chi connectivity index (χ0v) is 9.47. The van der Waals surface area contributed by atoms with Crippen molar-refractivity contribution in [2.45, 2.75) is 51.7 Å². The molecule has 0 radical (unpaired) electrons. The fraction of sp³-hybridized carbons (Fsp3) is 1.00. The van der Waals surface area contributed by atoms with Gasteiger partial charge in [0.15, 0.2) is 6.29 Å². The maximum absolute atomic E-state index is 9.32. The average molecular weight is 176 g/mol. The number of aliphatic hydroxyl groups excluding tert-OH is 1. The minimum Gasteiger partial charge on any atom is -0.368 e. The van der Waals surface area contributed by atoms with Crippen LogP contribution in [-0.4, -0.2) is 26.5 Å². The van der Waals surface area contributed by atoms with Gasteiger partial charge in [-0.1, -0.05) is 12.6 Å². The Bertz CT molecular complexity index is 98.8. The Hall–Kier alpha value is 0.137. The van der Waals surface area contributed by atoms with Crippen LogP contribution in [0.5, 0.6) is 0 Å². The largest absolute Gasteiger partial charge is 0.368 e. The molecule has 68 valence electrons. The molecular formula is C8H20O2Si. The molecule has 0 aliphatic heterocycles. The summed E-state index contributed by atoms with van der Waals surface area (Å²) < 4.78 is 5.32. The van der Waals surface area contributed by atoms with Crippen LogP contribution in [0.25, 0.3) is 0 Å². The van der Waals surface area contributed by atoms with Crippen LogP contribution in [0, 0.1) is 0 Å². The van der Waals surface area contributed by atoms with Gasteiger partial charge in [-0.25, -0.2) is 0 Å². The molecule has 0 bridgehead atoms. The Balaban J connectivity index is 3.44. The van der Waals surface area contributed by atoms with Gasteiger partial charge in [-0.15, -0.1) is 0 Å². The molecule has 0 aliphatic rings. The maximum atomic E-state index is 9.32. The lowest BCUT2D eigenvalue weighted by molar-refractivity contribution is -0.165. The van der Waals surface area contributed by atoms with E-state index in [1.54, 1.807) is 0 Å². The van der Waals surface area contributed by atoms with E-state index in [-0.39, 0.29) is 15.1 Å². The van der Waals surface area contributed by atoms with Crippen molar-refractivity contribution in [1.29, 1.82) is 0 Å². The van der Waals surface area contributed by atoms with E-state index in [9.17, 15) is 5.11 Å². The molecule has 0 aromatic heterocycles. The second-order valence-electron chi connectivity index (χ2n) is 3.83. The monoisotopic (exact) mass is 176 g/mol. The second kappa shape index (κ2) is 4.90. The van der Waals surface area contributed by atoms with E-state index < -0.39 is 6.29 Å². The van der Waals surface area contributed by atoms with Crippen LogP contribution in [0.1, 0.15) is 27.2 Å². The number of aliphatic hydroxyl groups is 1.